The normalized spacial score (nSPS) is 11.8. The maximum Gasteiger partial charge on any atom is 0.534 e. The summed E-state index contributed by atoms with van der Waals surface area (Å²) in [5.74, 6) is -1.42. The quantitative estimate of drug-likeness (QED) is 0.465. The number of ether oxygens (including phenoxy) is 1. The molecule has 0 spiro atoms. The van der Waals surface area contributed by atoms with Crippen molar-refractivity contribution in [3.63, 3.8) is 0 Å². The summed E-state index contributed by atoms with van der Waals surface area (Å²) in [6.07, 6.45) is 0. The van der Waals surface area contributed by atoms with Gasteiger partial charge in [-0.05, 0) is 12.1 Å². The molecule has 0 aliphatic carbocycles. The molecule has 2 rings (SSSR count). The largest absolute Gasteiger partial charge is 0.534 e. The van der Waals surface area contributed by atoms with E-state index < -0.39 is 27.2 Å². The van der Waals surface area contributed by atoms with Gasteiger partial charge >= 0.3 is 15.6 Å². The lowest BCUT2D eigenvalue weighted by atomic mass is 10.0. The molecule has 0 amide bonds. The minimum Gasteiger partial charge on any atom is -0.497 e. The molecule has 0 fully saturated rings. The highest BCUT2D eigenvalue weighted by atomic mass is 32.2. The molecule has 0 saturated heterocycles. The topological polar surface area (TPSA) is 69.7 Å². The Kier molecular flexibility index (Phi) is 4.83. The lowest BCUT2D eigenvalue weighted by molar-refractivity contribution is -0.0500. The van der Waals surface area contributed by atoms with Crippen molar-refractivity contribution in [2.45, 2.75) is 5.51 Å². The second kappa shape index (κ2) is 6.52. The highest BCUT2D eigenvalue weighted by molar-refractivity contribution is 7.88. The Bertz CT molecular complexity index is 845. The number of alkyl halides is 3. The summed E-state index contributed by atoms with van der Waals surface area (Å²) in [5.41, 5.74) is -5.80. The van der Waals surface area contributed by atoms with Crippen molar-refractivity contribution in [3.8, 4) is 11.5 Å². The Labute approximate surface area is 135 Å². The summed E-state index contributed by atoms with van der Waals surface area (Å²) in [5, 5.41) is 0. The van der Waals surface area contributed by atoms with Crippen LogP contribution in [0.5, 0.6) is 11.5 Å². The molecule has 0 unspecified atom stereocenters. The molecule has 2 aromatic rings. The first kappa shape index (κ1) is 17.8. The van der Waals surface area contributed by atoms with E-state index in [9.17, 15) is 26.4 Å². The maximum atomic E-state index is 12.5. The first-order valence-corrected chi connectivity index (χ1v) is 7.85. The fourth-order valence-electron chi connectivity index (χ4n) is 1.80. The molecule has 0 saturated carbocycles. The minimum absolute atomic E-state index is 0.0342. The zero-order chi connectivity index (χ0) is 18.0. The second-order valence-electron chi connectivity index (χ2n) is 4.54. The van der Waals surface area contributed by atoms with Gasteiger partial charge in [0.15, 0.2) is 11.5 Å². The molecule has 0 bridgehead atoms. The van der Waals surface area contributed by atoms with Gasteiger partial charge in [-0.2, -0.15) is 21.6 Å². The Morgan fingerprint density at radius 2 is 1.67 bits per heavy atom. The molecule has 2 aromatic carbocycles. The van der Waals surface area contributed by atoms with E-state index in [1.807, 2.05) is 0 Å². The third kappa shape index (κ3) is 3.67. The van der Waals surface area contributed by atoms with Crippen LogP contribution in [0.1, 0.15) is 15.9 Å². The van der Waals surface area contributed by atoms with Crippen molar-refractivity contribution in [2.75, 3.05) is 7.11 Å². The number of rotatable bonds is 5. The fourth-order valence-corrected chi connectivity index (χ4v) is 2.27. The molecule has 0 N–H and O–H groups in total. The molecular weight excluding hydrogens is 349 g/mol. The zero-order valence-electron chi connectivity index (χ0n) is 12.2. The van der Waals surface area contributed by atoms with Crippen LogP contribution in [-0.4, -0.2) is 26.8 Å². The van der Waals surface area contributed by atoms with Crippen LogP contribution in [0.4, 0.5) is 13.2 Å². The van der Waals surface area contributed by atoms with Crippen molar-refractivity contribution in [1.82, 2.24) is 0 Å². The summed E-state index contributed by atoms with van der Waals surface area (Å²) in [6.45, 7) is 0. The van der Waals surface area contributed by atoms with Crippen molar-refractivity contribution in [2.24, 2.45) is 0 Å². The van der Waals surface area contributed by atoms with Gasteiger partial charge in [0.2, 0.25) is 0 Å². The Morgan fingerprint density at radius 3 is 2.21 bits per heavy atom. The van der Waals surface area contributed by atoms with Gasteiger partial charge in [0.05, 0.1) is 12.7 Å². The Balaban J connectivity index is 2.52. The van der Waals surface area contributed by atoms with Crippen LogP contribution in [0.15, 0.2) is 48.5 Å². The van der Waals surface area contributed by atoms with Crippen LogP contribution in [-0.2, 0) is 10.1 Å². The van der Waals surface area contributed by atoms with E-state index in [0.717, 1.165) is 12.1 Å². The van der Waals surface area contributed by atoms with Crippen molar-refractivity contribution in [1.29, 1.82) is 0 Å². The smallest absolute Gasteiger partial charge is 0.497 e. The Morgan fingerprint density at radius 1 is 1.04 bits per heavy atom. The number of carbonyl (C=O) groups is 1. The number of benzene rings is 2. The first-order valence-electron chi connectivity index (χ1n) is 6.44. The summed E-state index contributed by atoms with van der Waals surface area (Å²) < 4.78 is 69.0. The second-order valence-corrected chi connectivity index (χ2v) is 6.08. The molecular formula is C15H11F3O5S. The van der Waals surface area contributed by atoms with Crippen molar-refractivity contribution >= 4 is 15.9 Å². The molecule has 0 radical (unpaired) electrons. The summed E-state index contributed by atoms with van der Waals surface area (Å²) >= 11 is 0. The molecule has 0 atom stereocenters. The minimum atomic E-state index is -5.92. The monoisotopic (exact) mass is 360 g/mol. The maximum absolute atomic E-state index is 12.5. The molecule has 128 valence electrons. The van der Waals surface area contributed by atoms with E-state index in [1.54, 1.807) is 18.2 Å². The Hall–Kier alpha value is -2.55. The highest BCUT2D eigenvalue weighted by Gasteiger charge is 2.49. The van der Waals surface area contributed by atoms with Gasteiger partial charge < -0.3 is 8.92 Å². The summed E-state index contributed by atoms with van der Waals surface area (Å²) in [4.78, 5) is 12.4. The number of hydrogen-bond donors (Lipinski definition) is 0. The predicted octanol–water partition coefficient (Wildman–Crippen LogP) is 3.15. The molecule has 9 heteroatoms. The van der Waals surface area contributed by atoms with Crippen LogP contribution >= 0.6 is 0 Å². The van der Waals surface area contributed by atoms with Crippen LogP contribution in [0.3, 0.4) is 0 Å². The van der Waals surface area contributed by atoms with Crippen molar-refractivity contribution < 1.29 is 35.3 Å². The van der Waals surface area contributed by atoms with E-state index in [4.69, 9.17) is 4.74 Å². The molecule has 0 aromatic heterocycles. The van der Waals surface area contributed by atoms with Gasteiger partial charge in [0.25, 0.3) is 0 Å². The number of carbonyl (C=O) groups excluding carboxylic acids is 1. The summed E-state index contributed by atoms with van der Waals surface area (Å²) in [6, 6.07) is 11.0. The van der Waals surface area contributed by atoms with Gasteiger partial charge in [-0.25, -0.2) is 0 Å². The standard InChI is InChI=1S/C15H11F3O5S/c1-22-11-7-8-12(14(19)10-5-3-2-4-6-10)13(9-11)23-24(20,21)15(16,17)18/h2-9H,1H3. The van der Waals surface area contributed by atoms with E-state index in [-0.39, 0.29) is 16.9 Å². The number of methoxy groups -OCH3 is 1. The molecule has 0 heterocycles. The third-order valence-corrected chi connectivity index (χ3v) is 3.92. The highest BCUT2D eigenvalue weighted by Crippen LogP contribution is 2.32. The zero-order valence-corrected chi connectivity index (χ0v) is 13.0. The number of ketones is 1. The van der Waals surface area contributed by atoms with Gasteiger partial charge in [-0.1, -0.05) is 30.3 Å². The van der Waals surface area contributed by atoms with Gasteiger partial charge in [-0.15, -0.1) is 0 Å². The third-order valence-electron chi connectivity index (χ3n) is 2.95. The van der Waals surface area contributed by atoms with Gasteiger partial charge in [-0.3, -0.25) is 4.79 Å². The van der Waals surface area contributed by atoms with Gasteiger partial charge in [0.1, 0.15) is 5.75 Å². The van der Waals surface area contributed by atoms with Gasteiger partial charge in [0, 0.05) is 11.6 Å². The number of hydrogen-bond acceptors (Lipinski definition) is 5. The molecule has 24 heavy (non-hydrogen) atoms. The lowest BCUT2D eigenvalue weighted by Crippen LogP contribution is -2.28. The van der Waals surface area contributed by atoms with Crippen molar-refractivity contribution in [3.05, 3.63) is 59.7 Å². The van der Waals surface area contributed by atoms with E-state index >= 15 is 0 Å². The molecule has 0 aliphatic rings. The van der Waals surface area contributed by atoms with Crippen LogP contribution in [0.25, 0.3) is 0 Å². The van der Waals surface area contributed by atoms with E-state index in [2.05, 4.69) is 4.18 Å². The average molecular weight is 360 g/mol. The SMILES string of the molecule is COc1ccc(C(=O)c2ccccc2)c(OS(=O)(=O)C(F)(F)F)c1. The van der Waals surface area contributed by atoms with Crippen LogP contribution in [0, 0.1) is 0 Å². The fraction of sp³-hybridized carbons (Fsp3) is 0.133. The van der Waals surface area contributed by atoms with E-state index in [1.165, 1.54) is 25.3 Å². The predicted molar refractivity (Wildman–Crippen MR) is 78.5 cm³/mol. The van der Waals surface area contributed by atoms with E-state index in [0.29, 0.717) is 0 Å². The first-order chi connectivity index (χ1) is 11.2. The molecule has 5 nitrogen and oxygen atoms in total. The average Bonchev–Trinajstić information content (AvgIpc) is 2.53. The summed E-state index contributed by atoms with van der Waals surface area (Å²) in [7, 11) is -4.69. The molecule has 0 aliphatic heterocycles. The van der Waals surface area contributed by atoms with Crippen LogP contribution < -0.4 is 8.92 Å². The number of halogens is 3. The lowest BCUT2D eigenvalue weighted by Gasteiger charge is -2.13. The van der Waals surface area contributed by atoms with Crippen LogP contribution in [0.2, 0.25) is 0 Å².